The number of carbonyl (C=O) groups is 2. The fourth-order valence-electron chi connectivity index (χ4n) is 2.25. The van der Waals surface area contributed by atoms with Gasteiger partial charge in [0.25, 0.3) is 0 Å². The Labute approximate surface area is 109 Å². The van der Waals surface area contributed by atoms with Gasteiger partial charge in [0.05, 0.1) is 0 Å². The molecule has 1 saturated heterocycles. The molecule has 2 N–H and O–H groups in total. The van der Waals surface area contributed by atoms with Gasteiger partial charge in [-0.3, -0.25) is 9.59 Å². The highest BCUT2D eigenvalue weighted by atomic mass is 16.2. The van der Waals surface area contributed by atoms with Crippen LogP contribution in [0.15, 0.2) is 0 Å². The van der Waals surface area contributed by atoms with Crippen molar-refractivity contribution in [1.29, 1.82) is 0 Å². The number of piperidine rings is 1. The van der Waals surface area contributed by atoms with Crippen LogP contribution in [-0.2, 0) is 9.59 Å². The van der Waals surface area contributed by atoms with Gasteiger partial charge in [-0.1, -0.05) is 0 Å². The van der Waals surface area contributed by atoms with E-state index in [1.807, 2.05) is 6.92 Å². The summed E-state index contributed by atoms with van der Waals surface area (Å²) in [4.78, 5) is 25.5. The number of rotatable bonds is 4. The zero-order chi connectivity index (χ0) is 13.7. The van der Waals surface area contributed by atoms with Gasteiger partial charge in [-0.2, -0.15) is 0 Å². The molecule has 1 heterocycles. The van der Waals surface area contributed by atoms with Crippen molar-refractivity contribution in [3.63, 3.8) is 0 Å². The van der Waals surface area contributed by atoms with Crippen LogP contribution >= 0.6 is 0 Å². The number of carbonyl (C=O) groups excluding carboxylic acids is 2. The Hall–Kier alpha value is -1.10. The fourth-order valence-corrected chi connectivity index (χ4v) is 2.25. The van der Waals surface area contributed by atoms with Gasteiger partial charge in [0.15, 0.2) is 0 Å². The molecule has 2 amide bonds. The van der Waals surface area contributed by atoms with Gasteiger partial charge in [0.2, 0.25) is 11.8 Å². The average Bonchev–Trinajstić information content (AvgIpc) is 2.36. The van der Waals surface area contributed by atoms with E-state index in [-0.39, 0.29) is 17.7 Å². The second-order valence-electron chi connectivity index (χ2n) is 5.16. The summed E-state index contributed by atoms with van der Waals surface area (Å²) >= 11 is 0. The minimum Gasteiger partial charge on any atom is -0.344 e. The molecule has 1 rings (SSSR count). The molecule has 104 valence electrons. The third kappa shape index (κ3) is 3.98. The Morgan fingerprint density at radius 1 is 1.50 bits per heavy atom. The molecular weight excluding hydrogens is 230 g/mol. The predicted octanol–water partition coefficient (Wildman–Crippen LogP) is 0.358. The molecule has 1 aliphatic rings. The smallest absolute Gasteiger partial charge is 0.244 e. The van der Waals surface area contributed by atoms with Crippen LogP contribution in [0.4, 0.5) is 0 Å². The molecular formula is C13H25N3O2. The first-order valence-corrected chi connectivity index (χ1v) is 6.74. The summed E-state index contributed by atoms with van der Waals surface area (Å²) in [7, 11) is 1.75. The first-order chi connectivity index (χ1) is 8.45. The van der Waals surface area contributed by atoms with Gasteiger partial charge in [-0.15, -0.1) is 0 Å². The lowest BCUT2D eigenvalue weighted by Crippen LogP contribution is -2.49. The summed E-state index contributed by atoms with van der Waals surface area (Å²) in [5, 5.41) is 6.14. The minimum atomic E-state index is -0.437. The maximum atomic E-state index is 12.1. The van der Waals surface area contributed by atoms with Crippen molar-refractivity contribution in [2.45, 2.75) is 45.7 Å². The Kier molecular flexibility index (Phi) is 5.59. The van der Waals surface area contributed by atoms with Gasteiger partial charge in [0, 0.05) is 25.6 Å². The topological polar surface area (TPSA) is 61.4 Å². The number of hydrogen-bond donors (Lipinski definition) is 2. The van der Waals surface area contributed by atoms with E-state index in [1.54, 1.807) is 18.9 Å². The number of hydrogen-bond acceptors (Lipinski definition) is 3. The lowest BCUT2D eigenvalue weighted by atomic mass is 9.92. The van der Waals surface area contributed by atoms with E-state index in [2.05, 4.69) is 17.6 Å². The molecule has 1 fully saturated rings. The van der Waals surface area contributed by atoms with Crippen LogP contribution in [-0.4, -0.2) is 48.9 Å². The molecule has 3 unspecified atom stereocenters. The minimum absolute atomic E-state index is 0.00806. The van der Waals surface area contributed by atoms with Crippen molar-refractivity contribution in [1.82, 2.24) is 15.5 Å². The molecule has 0 radical (unpaired) electrons. The van der Waals surface area contributed by atoms with Crippen LogP contribution in [0, 0.1) is 5.92 Å². The molecule has 0 saturated carbocycles. The number of nitrogens with one attached hydrogen (secondary N) is 2. The van der Waals surface area contributed by atoms with Crippen molar-refractivity contribution >= 4 is 11.8 Å². The number of amides is 2. The Balaban J connectivity index is 2.46. The molecule has 5 heteroatoms. The molecule has 0 spiro atoms. The zero-order valence-corrected chi connectivity index (χ0v) is 11.8. The van der Waals surface area contributed by atoms with Crippen molar-refractivity contribution < 1.29 is 9.59 Å². The SMILES string of the molecule is CCN(C)C(=O)C(C)NC(=O)C1CCNC(C)C1. The van der Waals surface area contributed by atoms with Gasteiger partial charge >= 0.3 is 0 Å². The Morgan fingerprint density at radius 3 is 2.72 bits per heavy atom. The van der Waals surface area contributed by atoms with Gasteiger partial charge in [0.1, 0.15) is 6.04 Å². The van der Waals surface area contributed by atoms with E-state index < -0.39 is 6.04 Å². The molecule has 0 aliphatic carbocycles. The molecule has 0 aromatic carbocycles. The van der Waals surface area contributed by atoms with Gasteiger partial charge < -0.3 is 15.5 Å². The van der Waals surface area contributed by atoms with Crippen molar-refractivity contribution in [2.24, 2.45) is 5.92 Å². The van der Waals surface area contributed by atoms with Gasteiger partial charge in [-0.25, -0.2) is 0 Å². The molecule has 0 aromatic heterocycles. The summed E-state index contributed by atoms with van der Waals surface area (Å²) in [5.41, 5.74) is 0. The molecule has 0 aromatic rings. The highest BCUT2D eigenvalue weighted by Crippen LogP contribution is 2.16. The summed E-state index contributed by atoms with van der Waals surface area (Å²) in [5.74, 6) is 0.00460. The molecule has 3 atom stereocenters. The Morgan fingerprint density at radius 2 is 2.17 bits per heavy atom. The lowest BCUT2D eigenvalue weighted by Gasteiger charge is -2.28. The monoisotopic (exact) mass is 255 g/mol. The van der Waals surface area contributed by atoms with E-state index in [9.17, 15) is 9.59 Å². The summed E-state index contributed by atoms with van der Waals surface area (Å²) < 4.78 is 0. The zero-order valence-electron chi connectivity index (χ0n) is 11.8. The lowest BCUT2D eigenvalue weighted by molar-refractivity contribution is -0.136. The third-order valence-corrected chi connectivity index (χ3v) is 3.57. The van der Waals surface area contributed by atoms with Crippen molar-refractivity contribution in [2.75, 3.05) is 20.1 Å². The summed E-state index contributed by atoms with van der Waals surface area (Å²) in [6, 6.07) is -0.0635. The molecule has 1 aliphatic heterocycles. The Bertz CT molecular complexity index is 307. The van der Waals surface area contributed by atoms with E-state index in [0.717, 1.165) is 19.4 Å². The van der Waals surface area contributed by atoms with Crippen LogP contribution in [0.25, 0.3) is 0 Å². The maximum absolute atomic E-state index is 12.1. The van der Waals surface area contributed by atoms with Crippen LogP contribution in [0.5, 0.6) is 0 Å². The highest BCUT2D eigenvalue weighted by molar-refractivity contribution is 5.88. The van der Waals surface area contributed by atoms with Crippen molar-refractivity contribution in [3.05, 3.63) is 0 Å². The largest absolute Gasteiger partial charge is 0.344 e. The van der Waals surface area contributed by atoms with E-state index in [1.165, 1.54) is 0 Å². The average molecular weight is 255 g/mol. The fraction of sp³-hybridized carbons (Fsp3) is 0.846. The third-order valence-electron chi connectivity index (χ3n) is 3.57. The highest BCUT2D eigenvalue weighted by Gasteiger charge is 2.27. The maximum Gasteiger partial charge on any atom is 0.244 e. The van der Waals surface area contributed by atoms with Crippen molar-refractivity contribution in [3.8, 4) is 0 Å². The van der Waals surface area contributed by atoms with E-state index in [0.29, 0.717) is 12.6 Å². The molecule has 18 heavy (non-hydrogen) atoms. The second-order valence-corrected chi connectivity index (χ2v) is 5.16. The van der Waals surface area contributed by atoms with Gasteiger partial charge in [-0.05, 0) is 40.2 Å². The normalized spacial score (nSPS) is 25.3. The van der Waals surface area contributed by atoms with E-state index >= 15 is 0 Å². The van der Waals surface area contributed by atoms with Crippen LogP contribution in [0.2, 0.25) is 0 Å². The van der Waals surface area contributed by atoms with E-state index in [4.69, 9.17) is 0 Å². The second kappa shape index (κ2) is 6.73. The van der Waals surface area contributed by atoms with Crippen LogP contribution in [0.3, 0.4) is 0 Å². The quantitative estimate of drug-likeness (QED) is 0.762. The first-order valence-electron chi connectivity index (χ1n) is 6.74. The summed E-state index contributed by atoms with van der Waals surface area (Å²) in [6.07, 6.45) is 1.69. The summed E-state index contributed by atoms with van der Waals surface area (Å²) in [6.45, 7) is 7.27. The van der Waals surface area contributed by atoms with Crippen LogP contribution in [0.1, 0.15) is 33.6 Å². The first kappa shape index (κ1) is 15.0. The molecule has 0 bridgehead atoms. The molecule has 5 nitrogen and oxygen atoms in total. The standard InChI is InChI=1S/C13H25N3O2/c1-5-16(4)13(18)10(3)15-12(17)11-6-7-14-9(2)8-11/h9-11,14H,5-8H2,1-4H3,(H,15,17). The number of likely N-dealkylation sites (N-methyl/N-ethyl adjacent to an activating group) is 1. The predicted molar refractivity (Wildman–Crippen MR) is 71.1 cm³/mol. The number of nitrogens with zero attached hydrogens (tertiary/aromatic N) is 1. The van der Waals surface area contributed by atoms with Crippen LogP contribution < -0.4 is 10.6 Å².